The average molecular weight is 358 g/mol. The van der Waals surface area contributed by atoms with Gasteiger partial charge in [0.1, 0.15) is 29.1 Å². The summed E-state index contributed by atoms with van der Waals surface area (Å²) in [7, 11) is 1.85. The number of para-hydroxylation sites is 1. The van der Waals surface area contributed by atoms with Crippen LogP contribution < -0.4 is 4.74 Å². The number of nitriles is 1. The predicted octanol–water partition coefficient (Wildman–Crippen LogP) is 3.47. The number of halogens is 1. The first-order valence-electron chi connectivity index (χ1n) is 6.98. The minimum atomic E-state index is 0.249. The van der Waals surface area contributed by atoms with E-state index in [9.17, 15) is 0 Å². The molecule has 0 amide bonds. The zero-order valence-corrected chi connectivity index (χ0v) is 14.3. The van der Waals surface area contributed by atoms with Crippen molar-refractivity contribution in [2.45, 2.75) is 16.8 Å². The number of rotatable bonds is 5. The van der Waals surface area contributed by atoms with Crippen LogP contribution in [0.25, 0.3) is 0 Å². The Labute approximate surface area is 148 Å². The molecule has 6 nitrogen and oxygen atoms in total. The summed E-state index contributed by atoms with van der Waals surface area (Å²) in [5, 5.41) is 19.1. The summed E-state index contributed by atoms with van der Waals surface area (Å²) < 4.78 is 7.50. The molecule has 1 aromatic carbocycles. The number of benzene rings is 1. The lowest BCUT2D eigenvalue weighted by atomic mass is 10.3. The molecule has 3 aromatic rings. The van der Waals surface area contributed by atoms with E-state index in [0.29, 0.717) is 32.5 Å². The summed E-state index contributed by atoms with van der Waals surface area (Å²) in [4.78, 5) is 4.21. The summed E-state index contributed by atoms with van der Waals surface area (Å²) in [6.07, 6.45) is 0. The molecule has 0 saturated heterocycles. The third kappa shape index (κ3) is 3.67. The highest BCUT2D eigenvalue weighted by molar-refractivity contribution is 7.99. The van der Waals surface area contributed by atoms with Crippen LogP contribution in [-0.4, -0.2) is 19.7 Å². The summed E-state index contributed by atoms with van der Waals surface area (Å²) in [6, 6.07) is 14.5. The van der Waals surface area contributed by atoms with Crippen molar-refractivity contribution in [3.63, 3.8) is 0 Å². The fourth-order valence-corrected chi connectivity index (χ4v) is 2.88. The average Bonchev–Trinajstić information content (AvgIpc) is 2.94. The largest absolute Gasteiger partial charge is 0.484 e. The molecule has 3 rings (SSSR count). The van der Waals surface area contributed by atoms with Gasteiger partial charge in [-0.2, -0.15) is 5.26 Å². The Hall–Kier alpha value is -2.56. The van der Waals surface area contributed by atoms with E-state index in [2.05, 4.69) is 15.2 Å². The smallest absolute Gasteiger partial charge is 0.197 e. The second kappa shape index (κ2) is 7.34. The van der Waals surface area contributed by atoms with Crippen molar-refractivity contribution in [1.82, 2.24) is 19.7 Å². The van der Waals surface area contributed by atoms with Gasteiger partial charge in [-0.25, -0.2) is 4.98 Å². The van der Waals surface area contributed by atoms with E-state index in [1.54, 1.807) is 24.3 Å². The van der Waals surface area contributed by atoms with Crippen LogP contribution in [0.3, 0.4) is 0 Å². The van der Waals surface area contributed by atoms with Crippen LogP contribution in [0.1, 0.15) is 11.5 Å². The van der Waals surface area contributed by atoms with Gasteiger partial charge in [0.2, 0.25) is 0 Å². The van der Waals surface area contributed by atoms with Crippen LogP contribution in [0.2, 0.25) is 5.02 Å². The highest BCUT2D eigenvalue weighted by Gasteiger charge is 2.12. The maximum Gasteiger partial charge on any atom is 0.197 e. The molecule has 120 valence electrons. The van der Waals surface area contributed by atoms with Crippen molar-refractivity contribution >= 4 is 23.4 Å². The lowest BCUT2D eigenvalue weighted by Gasteiger charge is -2.07. The van der Waals surface area contributed by atoms with Crippen molar-refractivity contribution in [2.75, 3.05) is 0 Å². The highest BCUT2D eigenvalue weighted by atomic mass is 35.5. The molecule has 2 heterocycles. The zero-order valence-electron chi connectivity index (χ0n) is 12.7. The molecule has 0 fully saturated rings. The maximum atomic E-state index is 8.91. The molecule has 0 bridgehead atoms. The van der Waals surface area contributed by atoms with E-state index in [4.69, 9.17) is 21.6 Å². The van der Waals surface area contributed by atoms with Gasteiger partial charge < -0.3 is 9.30 Å². The standard InChI is InChI=1S/C16H12ClN5OS/c1-22-14(10-23-13-7-3-2-6-12(13)17)20-21-16(22)24-15-8-4-5-11(9-18)19-15/h2-8H,10H2,1H3. The van der Waals surface area contributed by atoms with Crippen LogP contribution in [0, 0.1) is 11.3 Å². The maximum absolute atomic E-state index is 8.91. The van der Waals surface area contributed by atoms with Crippen molar-refractivity contribution in [2.24, 2.45) is 7.05 Å². The minimum Gasteiger partial charge on any atom is -0.484 e. The molecule has 0 radical (unpaired) electrons. The van der Waals surface area contributed by atoms with E-state index in [-0.39, 0.29) is 6.61 Å². The number of hydrogen-bond acceptors (Lipinski definition) is 6. The van der Waals surface area contributed by atoms with Crippen LogP contribution in [-0.2, 0) is 13.7 Å². The molecule has 0 aliphatic carbocycles. The summed E-state index contributed by atoms with van der Waals surface area (Å²) >= 11 is 7.40. The fourth-order valence-electron chi connectivity index (χ4n) is 1.89. The summed E-state index contributed by atoms with van der Waals surface area (Å²) in [6.45, 7) is 0.249. The van der Waals surface area contributed by atoms with E-state index in [1.807, 2.05) is 35.9 Å². The molecule has 0 aliphatic heterocycles. The van der Waals surface area contributed by atoms with Gasteiger partial charge >= 0.3 is 0 Å². The van der Waals surface area contributed by atoms with Crippen molar-refractivity contribution in [3.05, 3.63) is 59.0 Å². The first kappa shape index (κ1) is 16.3. The van der Waals surface area contributed by atoms with Gasteiger partial charge in [-0.05, 0) is 36.0 Å². The van der Waals surface area contributed by atoms with Crippen LogP contribution in [0.15, 0.2) is 52.6 Å². The Bertz CT molecular complexity index is 905. The Kier molecular flexibility index (Phi) is 4.99. The molecule has 0 unspecified atom stereocenters. The van der Waals surface area contributed by atoms with Crippen molar-refractivity contribution in [3.8, 4) is 11.8 Å². The number of pyridine rings is 1. The number of hydrogen-bond donors (Lipinski definition) is 0. The Morgan fingerprint density at radius 2 is 2.04 bits per heavy atom. The normalized spacial score (nSPS) is 10.4. The minimum absolute atomic E-state index is 0.249. The van der Waals surface area contributed by atoms with Gasteiger partial charge in [0.25, 0.3) is 0 Å². The molecule has 0 spiro atoms. The highest BCUT2D eigenvalue weighted by Crippen LogP contribution is 2.26. The van der Waals surface area contributed by atoms with Crippen molar-refractivity contribution < 1.29 is 4.74 Å². The third-order valence-corrected chi connectivity index (χ3v) is 4.44. The molecule has 0 N–H and O–H groups in total. The fraction of sp³-hybridized carbons (Fsp3) is 0.125. The van der Waals surface area contributed by atoms with E-state index in [0.717, 1.165) is 0 Å². The van der Waals surface area contributed by atoms with Crippen LogP contribution >= 0.6 is 23.4 Å². The van der Waals surface area contributed by atoms with Crippen molar-refractivity contribution in [1.29, 1.82) is 5.26 Å². The lowest BCUT2D eigenvalue weighted by molar-refractivity contribution is 0.290. The van der Waals surface area contributed by atoms with E-state index < -0.39 is 0 Å². The monoisotopic (exact) mass is 357 g/mol. The van der Waals surface area contributed by atoms with Gasteiger partial charge in [0.15, 0.2) is 11.0 Å². The SMILES string of the molecule is Cn1c(COc2ccccc2Cl)nnc1Sc1cccc(C#N)n1. The number of ether oxygens (including phenoxy) is 1. The molecular formula is C16H12ClN5OS. The van der Waals surface area contributed by atoms with Crippen LogP contribution in [0.5, 0.6) is 5.75 Å². The molecule has 24 heavy (non-hydrogen) atoms. The first-order valence-corrected chi connectivity index (χ1v) is 8.17. The van der Waals surface area contributed by atoms with Gasteiger partial charge in [-0.15, -0.1) is 10.2 Å². The predicted molar refractivity (Wildman–Crippen MR) is 89.9 cm³/mol. The summed E-state index contributed by atoms with van der Waals surface area (Å²) in [5.74, 6) is 1.26. The Morgan fingerprint density at radius 1 is 1.21 bits per heavy atom. The number of aromatic nitrogens is 4. The van der Waals surface area contributed by atoms with Gasteiger partial charge in [-0.1, -0.05) is 29.8 Å². The Morgan fingerprint density at radius 3 is 2.83 bits per heavy atom. The topological polar surface area (TPSA) is 76.6 Å². The Balaban J connectivity index is 1.72. The third-order valence-electron chi connectivity index (χ3n) is 3.15. The second-order valence-electron chi connectivity index (χ2n) is 4.75. The van der Waals surface area contributed by atoms with E-state index >= 15 is 0 Å². The summed E-state index contributed by atoms with van der Waals surface area (Å²) in [5.41, 5.74) is 0.365. The molecule has 2 aromatic heterocycles. The molecule has 0 aliphatic rings. The van der Waals surface area contributed by atoms with Gasteiger partial charge in [-0.3, -0.25) is 0 Å². The van der Waals surface area contributed by atoms with Crippen LogP contribution in [0.4, 0.5) is 0 Å². The zero-order chi connectivity index (χ0) is 16.9. The van der Waals surface area contributed by atoms with Gasteiger partial charge in [0, 0.05) is 7.05 Å². The number of nitrogens with zero attached hydrogens (tertiary/aromatic N) is 5. The quantitative estimate of drug-likeness (QED) is 0.695. The second-order valence-corrected chi connectivity index (χ2v) is 6.15. The van der Waals surface area contributed by atoms with Gasteiger partial charge in [0.05, 0.1) is 5.02 Å². The molecule has 0 atom stereocenters. The molecule has 0 saturated carbocycles. The lowest BCUT2D eigenvalue weighted by Crippen LogP contribution is -2.04. The first-order chi connectivity index (χ1) is 11.7. The van der Waals surface area contributed by atoms with E-state index in [1.165, 1.54) is 11.8 Å². The molecule has 8 heteroatoms. The molecular weight excluding hydrogens is 346 g/mol.